The number of hydrogen-bond donors (Lipinski definition) is 1. The highest BCUT2D eigenvalue weighted by atomic mass is 32.2. The van der Waals surface area contributed by atoms with Gasteiger partial charge < -0.3 is 14.8 Å². The predicted molar refractivity (Wildman–Crippen MR) is 94.5 cm³/mol. The van der Waals surface area contributed by atoms with Crippen LogP contribution in [0.4, 0.5) is 5.69 Å². The van der Waals surface area contributed by atoms with Crippen LogP contribution in [-0.2, 0) is 4.79 Å². The average molecular weight is 338 g/mol. The molecule has 6 heteroatoms. The molecule has 120 valence electrons. The van der Waals surface area contributed by atoms with Crippen LogP contribution >= 0.6 is 11.8 Å². The number of aryl methyl sites for hydroxylation is 1. The van der Waals surface area contributed by atoms with Gasteiger partial charge in [-0.3, -0.25) is 4.79 Å². The minimum absolute atomic E-state index is 0.148. The summed E-state index contributed by atoms with van der Waals surface area (Å²) in [5.41, 5.74) is 2.80. The Bertz CT molecular complexity index is 890. The van der Waals surface area contributed by atoms with Gasteiger partial charge in [0.1, 0.15) is 0 Å². The van der Waals surface area contributed by atoms with E-state index in [-0.39, 0.29) is 12.7 Å². The van der Waals surface area contributed by atoms with Crippen LogP contribution in [0.3, 0.4) is 0 Å². The fourth-order valence-electron chi connectivity index (χ4n) is 2.43. The van der Waals surface area contributed by atoms with Gasteiger partial charge >= 0.3 is 0 Å². The summed E-state index contributed by atoms with van der Waals surface area (Å²) in [6, 6.07) is 13.4. The van der Waals surface area contributed by atoms with Crippen molar-refractivity contribution in [3.05, 3.63) is 58.5 Å². The normalized spacial score (nSPS) is 19.1. The van der Waals surface area contributed by atoms with Crippen LogP contribution in [0, 0.1) is 6.92 Å². The molecular weight excluding hydrogens is 324 g/mol. The molecule has 1 N–H and O–H groups in total. The van der Waals surface area contributed by atoms with Gasteiger partial charge in [-0.1, -0.05) is 24.3 Å². The van der Waals surface area contributed by atoms with Crippen molar-refractivity contribution in [1.29, 1.82) is 0 Å². The van der Waals surface area contributed by atoms with Gasteiger partial charge in [-0.05, 0) is 54.1 Å². The summed E-state index contributed by atoms with van der Waals surface area (Å²) in [7, 11) is 0. The van der Waals surface area contributed by atoms with Crippen LogP contribution in [0.1, 0.15) is 11.1 Å². The minimum atomic E-state index is -0.148. The van der Waals surface area contributed by atoms with E-state index in [4.69, 9.17) is 9.47 Å². The molecule has 4 rings (SSSR count). The quantitative estimate of drug-likeness (QED) is 0.850. The highest BCUT2D eigenvalue weighted by Crippen LogP contribution is 2.35. The maximum Gasteiger partial charge on any atom is 0.264 e. The molecule has 0 spiro atoms. The molecule has 2 heterocycles. The van der Waals surface area contributed by atoms with Gasteiger partial charge in [0.05, 0.1) is 10.6 Å². The molecule has 2 aromatic carbocycles. The lowest BCUT2D eigenvalue weighted by Gasteiger charge is -2.00. The Kier molecular flexibility index (Phi) is 3.74. The van der Waals surface area contributed by atoms with Crippen molar-refractivity contribution in [2.24, 2.45) is 4.99 Å². The van der Waals surface area contributed by atoms with Gasteiger partial charge in [-0.2, -0.15) is 0 Å². The van der Waals surface area contributed by atoms with E-state index in [1.807, 2.05) is 55.5 Å². The molecule has 2 aliphatic rings. The van der Waals surface area contributed by atoms with Crippen LogP contribution in [0.5, 0.6) is 11.5 Å². The summed E-state index contributed by atoms with van der Waals surface area (Å²) in [5.74, 6) is 1.27. The van der Waals surface area contributed by atoms with Crippen molar-refractivity contribution in [1.82, 2.24) is 5.32 Å². The van der Waals surface area contributed by atoms with Crippen molar-refractivity contribution in [3.8, 4) is 11.5 Å². The van der Waals surface area contributed by atoms with Crippen LogP contribution in [0.15, 0.2) is 52.4 Å². The molecule has 0 atom stereocenters. The highest BCUT2D eigenvalue weighted by molar-refractivity contribution is 8.18. The molecule has 2 aromatic rings. The molecule has 0 saturated carbocycles. The molecular formula is C18H14N2O3S. The van der Waals surface area contributed by atoms with Crippen LogP contribution in [0.2, 0.25) is 0 Å². The lowest BCUT2D eigenvalue weighted by atomic mass is 10.2. The van der Waals surface area contributed by atoms with Gasteiger partial charge in [-0.15, -0.1) is 0 Å². The summed E-state index contributed by atoms with van der Waals surface area (Å²) < 4.78 is 10.7. The molecule has 0 bridgehead atoms. The number of amidine groups is 1. The lowest BCUT2D eigenvalue weighted by molar-refractivity contribution is -0.115. The first-order chi connectivity index (χ1) is 11.7. The number of fused-ring (bicyclic) bond motifs is 1. The Balaban J connectivity index is 1.59. The Hall–Kier alpha value is -2.73. The fourth-order valence-corrected chi connectivity index (χ4v) is 3.27. The van der Waals surface area contributed by atoms with Gasteiger partial charge in [-0.25, -0.2) is 4.99 Å². The molecule has 5 nitrogen and oxygen atoms in total. The molecule has 2 aliphatic heterocycles. The van der Waals surface area contributed by atoms with E-state index in [1.165, 1.54) is 11.8 Å². The molecule has 1 saturated heterocycles. The van der Waals surface area contributed by atoms with E-state index in [9.17, 15) is 4.79 Å². The fraction of sp³-hybridized carbons (Fsp3) is 0.111. The zero-order valence-corrected chi connectivity index (χ0v) is 13.7. The number of carbonyl (C=O) groups is 1. The largest absolute Gasteiger partial charge is 0.454 e. The Morgan fingerprint density at radius 3 is 2.88 bits per heavy atom. The number of ether oxygens (including phenoxy) is 2. The molecule has 0 radical (unpaired) electrons. The minimum Gasteiger partial charge on any atom is -0.454 e. The SMILES string of the molecule is Cc1ccccc1N=C1NC(=O)/C(=C\c2ccc3c(c2)OCO3)S1. The summed E-state index contributed by atoms with van der Waals surface area (Å²) in [6.07, 6.45) is 1.82. The molecule has 0 unspecified atom stereocenters. The predicted octanol–water partition coefficient (Wildman–Crippen LogP) is 3.62. The first-order valence-corrected chi connectivity index (χ1v) is 8.25. The Morgan fingerprint density at radius 1 is 1.17 bits per heavy atom. The van der Waals surface area contributed by atoms with E-state index in [0.717, 1.165) is 22.6 Å². The van der Waals surface area contributed by atoms with Crippen molar-refractivity contribution in [2.45, 2.75) is 6.92 Å². The van der Waals surface area contributed by atoms with Gasteiger partial charge in [0, 0.05) is 0 Å². The van der Waals surface area contributed by atoms with Crippen molar-refractivity contribution in [2.75, 3.05) is 6.79 Å². The number of aliphatic imine (C=N–C) groups is 1. The van der Waals surface area contributed by atoms with Crippen LogP contribution in [0.25, 0.3) is 6.08 Å². The van der Waals surface area contributed by atoms with Gasteiger partial charge in [0.25, 0.3) is 5.91 Å². The highest BCUT2D eigenvalue weighted by Gasteiger charge is 2.24. The smallest absolute Gasteiger partial charge is 0.264 e. The first-order valence-electron chi connectivity index (χ1n) is 7.44. The molecule has 0 aromatic heterocycles. The second-order valence-corrected chi connectivity index (χ2v) is 6.41. The van der Waals surface area contributed by atoms with Crippen molar-refractivity contribution < 1.29 is 14.3 Å². The van der Waals surface area contributed by atoms with Crippen molar-refractivity contribution >= 4 is 34.6 Å². The first kappa shape index (κ1) is 14.8. The summed E-state index contributed by atoms with van der Waals surface area (Å²) in [6.45, 7) is 2.22. The van der Waals surface area contributed by atoms with Gasteiger partial charge in [0.2, 0.25) is 6.79 Å². The van der Waals surface area contributed by atoms with Crippen LogP contribution in [-0.4, -0.2) is 17.9 Å². The Morgan fingerprint density at radius 2 is 2.00 bits per heavy atom. The second-order valence-electron chi connectivity index (χ2n) is 5.38. The number of nitrogens with zero attached hydrogens (tertiary/aromatic N) is 1. The standard InChI is InChI=1S/C18H14N2O3S/c1-11-4-2-3-5-13(11)19-18-20-17(21)16(24-18)9-12-6-7-14-15(8-12)23-10-22-14/h2-9H,10H2,1H3,(H,19,20,21)/b16-9+. The van der Waals surface area contributed by atoms with E-state index < -0.39 is 0 Å². The third-order valence-corrected chi connectivity index (χ3v) is 4.59. The zero-order chi connectivity index (χ0) is 16.5. The second kappa shape index (κ2) is 6.05. The number of rotatable bonds is 2. The maximum absolute atomic E-state index is 12.2. The van der Waals surface area contributed by atoms with Gasteiger partial charge in [0.15, 0.2) is 16.7 Å². The van der Waals surface area contributed by atoms with E-state index in [1.54, 1.807) is 0 Å². The Labute approximate surface area is 143 Å². The number of carbonyl (C=O) groups excluding carboxylic acids is 1. The van der Waals surface area contributed by atoms with E-state index >= 15 is 0 Å². The van der Waals surface area contributed by atoms with Crippen molar-refractivity contribution in [3.63, 3.8) is 0 Å². The van der Waals surface area contributed by atoms with E-state index in [2.05, 4.69) is 10.3 Å². The number of amides is 1. The molecule has 1 fully saturated rings. The van der Waals surface area contributed by atoms with Crippen LogP contribution < -0.4 is 14.8 Å². The number of hydrogen-bond acceptors (Lipinski definition) is 5. The summed E-state index contributed by atoms with van der Waals surface area (Å²) in [5, 5.41) is 3.39. The third-order valence-electron chi connectivity index (χ3n) is 3.68. The van der Waals surface area contributed by atoms with E-state index in [0.29, 0.717) is 15.8 Å². The summed E-state index contributed by atoms with van der Waals surface area (Å²) in [4.78, 5) is 17.3. The number of thioether (sulfide) groups is 1. The molecule has 0 aliphatic carbocycles. The third kappa shape index (κ3) is 2.88. The molecule has 24 heavy (non-hydrogen) atoms. The zero-order valence-electron chi connectivity index (χ0n) is 12.9. The maximum atomic E-state index is 12.2. The lowest BCUT2D eigenvalue weighted by Crippen LogP contribution is -2.19. The molecule has 1 amide bonds. The topological polar surface area (TPSA) is 59.9 Å². The average Bonchev–Trinajstić information content (AvgIpc) is 3.16. The monoisotopic (exact) mass is 338 g/mol. The number of nitrogens with one attached hydrogen (secondary N) is 1. The number of para-hydroxylation sites is 1. The number of benzene rings is 2. The summed E-state index contributed by atoms with van der Waals surface area (Å²) >= 11 is 1.33.